The number of carbonyl (C=O) groups excluding carboxylic acids is 1. The van der Waals surface area contributed by atoms with Crippen molar-refractivity contribution in [2.75, 3.05) is 13.1 Å². The fourth-order valence-corrected chi connectivity index (χ4v) is 4.16. The first-order chi connectivity index (χ1) is 14.7. The first kappa shape index (κ1) is 24.6. The average molecular weight is 445 g/mol. The average Bonchev–Trinajstić information content (AvgIpc) is 3.21. The topological polar surface area (TPSA) is 85.3 Å². The number of hydrogen-bond donors (Lipinski definition) is 1. The molecule has 176 valence electrons. The Balaban J connectivity index is 1.69. The third-order valence-electron chi connectivity index (χ3n) is 6.69. The Bertz CT molecular complexity index is 846. The number of benzene rings is 1. The fraction of sp³-hybridized carbons (Fsp3) is 0.667. The molecule has 32 heavy (non-hydrogen) atoms. The zero-order valence-corrected chi connectivity index (χ0v) is 20.3. The number of carboxylic acids is 1. The number of aliphatic carboxylic acids is 1. The standard InChI is InChI=1S/C24H36BNO6/c1-22(2,3)30-21(29)26-12-11-17(15-26)19(20(27)28)14-16-9-8-10-18(13-16)25-31-23(4,5)24(6,7)32-25/h8-10,13,17,19H,11-12,14-15H2,1-7H3,(H,27,28)/t17-,19?/m0/s1. The van der Waals surface area contributed by atoms with Crippen molar-refractivity contribution in [3.63, 3.8) is 0 Å². The highest BCUT2D eigenvalue weighted by molar-refractivity contribution is 6.62. The van der Waals surface area contributed by atoms with Crippen molar-refractivity contribution < 1.29 is 28.7 Å². The molecule has 1 amide bonds. The van der Waals surface area contributed by atoms with E-state index in [0.29, 0.717) is 25.9 Å². The molecule has 0 bridgehead atoms. The van der Waals surface area contributed by atoms with Crippen LogP contribution in [0.2, 0.25) is 0 Å². The van der Waals surface area contributed by atoms with Gasteiger partial charge in [-0.05, 0) is 78.3 Å². The lowest BCUT2D eigenvalue weighted by Crippen LogP contribution is -2.41. The van der Waals surface area contributed by atoms with Gasteiger partial charge in [0.1, 0.15) is 5.60 Å². The largest absolute Gasteiger partial charge is 0.494 e. The Morgan fingerprint density at radius 2 is 1.84 bits per heavy atom. The van der Waals surface area contributed by atoms with Crippen molar-refractivity contribution in [1.82, 2.24) is 4.90 Å². The van der Waals surface area contributed by atoms with Crippen LogP contribution in [0.5, 0.6) is 0 Å². The van der Waals surface area contributed by atoms with Gasteiger partial charge in [-0.1, -0.05) is 24.3 Å². The zero-order chi connectivity index (χ0) is 23.9. The summed E-state index contributed by atoms with van der Waals surface area (Å²) in [7, 11) is -0.489. The van der Waals surface area contributed by atoms with E-state index in [0.717, 1.165) is 11.0 Å². The molecule has 2 aliphatic heterocycles. The van der Waals surface area contributed by atoms with Crippen LogP contribution in [0.25, 0.3) is 0 Å². The molecule has 0 aliphatic carbocycles. The number of hydrogen-bond acceptors (Lipinski definition) is 5. The molecule has 2 saturated heterocycles. The molecule has 1 aromatic rings. The molecule has 0 aromatic heterocycles. The summed E-state index contributed by atoms with van der Waals surface area (Å²) in [5.41, 5.74) is 0.348. The summed E-state index contributed by atoms with van der Waals surface area (Å²) in [5, 5.41) is 9.94. The maximum absolute atomic E-state index is 12.4. The van der Waals surface area contributed by atoms with E-state index in [1.807, 2.05) is 72.7 Å². The smallest absolute Gasteiger partial charge is 0.481 e. The van der Waals surface area contributed by atoms with Crippen LogP contribution in [0.1, 0.15) is 60.5 Å². The van der Waals surface area contributed by atoms with Crippen molar-refractivity contribution >= 4 is 24.6 Å². The molecule has 2 aliphatic rings. The van der Waals surface area contributed by atoms with Gasteiger partial charge in [0.05, 0.1) is 17.1 Å². The lowest BCUT2D eigenvalue weighted by molar-refractivity contribution is -0.143. The van der Waals surface area contributed by atoms with Crippen LogP contribution >= 0.6 is 0 Å². The number of carboxylic acid groups (broad SMARTS) is 1. The van der Waals surface area contributed by atoms with Crippen LogP contribution in [0.3, 0.4) is 0 Å². The third-order valence-corrected chi connectivity index (χ3v) is 6.69. The summed E-state index contributed by atoms with van der Waals surface area (Å²) >= 11 is 0. The van der Waals surface area contributed by atoms with E-state index in [2.05, 4.69) is 0 Å². The first-order valence-corrected chi connectivity index (χ1v) is 11.3. The molecule has 0 spiro atoms. The lowest BCUT2D eigenvalue weighted by atomic mass is 9.77. The quantitative estimate of drug-likeness (QED) is 0.699. The molecule has 1 N–H and O–H groups in total. The van der Waals surface area contributed by atoms with Gasteiger partial charge in [0.2, 0.25) is 0 Å². The second-order valence-electron chi connectivity index (χ2n) is 11.0. The highest BCUT2D eigenvalue weighted by Crippen LogP contribution is 2.36. The van der Waals surface area contributed by atoms with Gasteiger partial charge in [-0.2, -0.15) is 0 Å². The highest BCUT2D eigenvalue weighted by atomic mass is 16.7. The monoisotopic (exact) mass is 445 g/mol. The van der Waals surface area contributed by atoms with Gasteiger partial charge in [0.25, 0.3) is 0 Å². The Hall–Kier alpha value is -2.06. The SMILES string of the molecule is CC(C)(C)OC(=O)N1CC[C@H](C(Cc2cccc(B3OC(C)(C)C(C)(C)O3)c2)C(=O)O)C1. The van der Waals surface area contributed by atoms with Crippen molar-refractivity contribution in [3.8, 4) is 0 Å². The lowest BCUT2D eigenvalue weighted by Gasteiger charge is -2.32. The van der Waals surface area contributed by atoms with Crippen LogP contribution in [0.4, 0.5) is 4.79 Å². The van der Waals surface area contributed by atoms with Crippen LogP contribution < -0.4 is 5.46 Å². The van der Waals surface area contributed by atoms with Gasteiger partial charge in [-0.25, -0.2) is 4.79 Å². The molecular weight excluding hydrogens is 409 g/mol. The predicted octanol–water partition coefficient (Wildman–Crippen LogP) is 3.49. The third kappa shape index (κ3) is 5.46. The molecule has 2 atom stereocenters. The molecule has 1 unspecified atom stereocenters. The molecule has 2 fully saturated rings. The number of rotatable bonds is 5. The summed E-state index contributed by atoms with van der Waals surface area (Å²) in [5.74, 6) is -1.56. The minimum absolute atomic E-state index is 0.125. The Morgan fingerprint density at radius 3 is 2.41 bits per heavy atom. The number of carbonyl (C=O) groups is 2. The van der Waals surface area contributed by atoms with E-state index in [9.17, 15) is 14.7 Å². The van der Waals surface area contributed by atoms with Crippen LogP contribution in [-0.4, -0.2) is 59.1 Å². The van der Waals surface area contributed by atoms with E-state index in [4.69, 9.17) is 14.0 Å². The summed E-state index contributed by atoms with van der Waals surface area (Å²) < 4.78 is 17.7. The van der Waals surface area contributed by atoms with Gasteiger partial charge in [-0.15, -0.1) is 0 Å². The van der Waals surface area contributed by atoms with Crippen LogP contribution in [0, 0.1) is 11.8 Å². The van der Waals surface area contributed by atoms with Crippen molar-refractivity contribution in [2.24, 2.45) is 11.8 Å². The van der Waals surface area contributed by atoms with Crippen LogP contribution in [0.15, 0.2) is 24.3 Å². The second-order valence-corrected chi connectivity index (χ2v) is 11.0. The number of likely N-dealkylation sites (tertiary alicyclic amines) is 1. The predicted molar refractivity (Wildman–Crippen MR) is 123 cm³/mol. The molecule has 3 rings (SSSR count). The minimum atomic E-state index is -0.845. The van der Waals surface area contributed by atoms with E-state index >= 15 is 0 Å². The Kier molecular flexibility index (Phi) is 6.69. The summed E-state index contributed by atoms with van der Waals surface area (Å²) in [6.45, 7) is 14.4. The van der Waals surface area contributed by atoms with E-state index in [-0.39, 0.29) is 12.0 Å². The fourth-order valence-electron chi connectivity index (χ4n) is 4.16. The normalized spacial score (nSPS) is 23.3. The van der Waals surface area contributed by atoms with E-state index < -0.39 is 35.8 Å². The maximum atomic E-state index is 12.4. The molecule has 8 heteroatoms. The summed E-state index contributed by atoms with van der Waals surface area (Å²) in [6, 6.07) is 7.77. The first-order valence-electron chi connectivity index (χ1n) is 11.3. The van der Waals surface area contributed by atoms with Crippen molar-refractivity contribution in [3.05, 3.63) is 29.8 Å². The Morgan fingerprint density at radius 1 is 1.22 bits per heavy atom. The van der Waals surface area contributed by atoms with E-state index in [1.54, 1.807) is 4.90 Å². The highest BCUT2D eigenvalue weighted by Gasteiger charge is 2.51. The Labute approximate surface area is 191 Å². The molecule has 1 aromatic carbocycles. The van der Waals surface area contributed by atoms with Crippen molar-refractivity contribution in [2.45, 2.75) is 78.1 Å². The van der Waals surface area contributed by atoms with Gasteiger partial charge < -0.3 is 24.1 Å². The maximum Gasteiger partial charge on any atom is 0.494 e. The minimum Gasteiger partial charge on any atom is -0.481 e. The van der Waals surface area contributed by atoms with Crippen molar-refractivity contribution in [1.29, 1.82) is 0 Å². The second kappa shape index (κ2) is 8.71. The van der Waals surface area contributed by atoms with Crippen LogP contribution in [-0.2, 0) is 25.3 Å². The number of ether oxygens (including phenoxy) is 1. The summed E-state index contributed by atoms with van der Waals surface area (Å²) in [6.07, 6.45) is 0.648. The molecular formula is C24H36BNO6. The van der Waals surface area contributed by atoms with Gasteiger partial charge in [0, 0.05) is 13.1 Å². The van der Waals surface area contributed by atoms with Gasteiger partial charge in [0.15, 0.2) is 0 Å². The zero-order valence-electron chi connectivity index (χ0n) is 20.3. The number of nitrogens with zero attached hydrogens (tertiary/aromatic N) is 1. The number of amides is 1. The van der Waals surface area contributed by atoms with E-state index in [1.165, 1.54) is 0 Å². The molecule has 2 heterocycles. The molecule has 0 saturated carbocycles. The molecule has 0 radical (unpaired) electrons. The van der Waals surface area contributed by atoms with Gasteiger partial charge in [-0.3, -0.25) is 4.79 Å². The summed E-state index contributed by atoms with van der Waals surface area (Å²) in [4.78, 5) is 26.1. The molecule has 7 nitrogen and oxygen atoms in total. The van der Waals surface area contributed by atoms with Gasteiger partial charge >= 0.3 is 19.2 Å².